The van der Waals surface area contributed by atoms with Gasteiger partial charge in [-0.15, -0.1) is 0 Å². The van der Waals surface area contributed by atoms with Gasteiger partial charge in [-0.1, -0.05) is 24.3 Å². The highest BCUT2D eigenvalue weighted by atomic mass is 16.5. The number of imidazole rings is 1. The lowest BCUT2D eigenvalue weighted by Gasteiger charge is -2.21. The molecule has 0 aliphatic rings. The van der Waals surface area contributed by atoms with Crippen molar-refractivity contribution in [2.45, 2.75) is 19.3 Å². The van der Waals surface area contributed by atoms with E-state index in [4.69, 9.17) is 4.74 Å². The Kier molecular flexibility index (Phi) is 7.60. The van der Waals surface area contributed by atoms with Crippen LogP contribution in [0.4, 0.5) is 0 Å². The van der Waals surface area contributed by atoms with Crippen LogP contribution < -0.4 is 4.74 Å². The van der Waals surface area contributed by atoms with Gasteiger partial charge in [0.2, 0.25) is 0 Å². The van der Waals surface area contributed by atoms with Crippen molar-refractivity contribution in [2.24, 2.45) is 0 Å². The van der Waals surface area contributed by atoms with Gasteiger partial charge in [0.15, 0.2) is 0 Å². The summed E-state index contributed by atoms with van der Waals surface area (Å²) in [5, 5.41) is 0. The van der Waals surface area contributed by atoms with Gasteiger partial charge in [-0.2, -0.15) is 0 Å². The largest absolute Gasteiger partial charge is 0.495 e. The lowest BCUT2D eigenvalue weighted by Crippen LogP contribution is -2.31. The maximum Gasteiger partial charge on any atom is 0.142 e. The molecule has 4 rings (SSSR count). The highest BCUT2D eigenvalue weighted by Gasteiger charge is 2.10. The summed E-state index contributed by atoms with van der Waals surface area (Å²) < 4.78 is 7.51. The Bertz CT molecular complexity index is 1040. The Balaban J connectivity index is 1.39. The molecule has 164 valence electrons. The summed E-state index contributed by atoms with van der Waals surface area (Å²) in [4.78, 5) is 16.1. The highest BCUT2D eigenvalue weighted by Crippen LogP contribution is 2.22. The Morgan fingerprint density at radius 3 is 1.91 bits per heavy atom. The van der Waals surface area contributed by atoms with Crippen molar-refractivity contribution in [1.29, 1.82) is 0 Å². The van der Waals surface area contributed by atoms with Crippen molar-refractivity contribution in [3.8, 4) is 11.4 Å². The lowest BCUT2D eigenvalue weighted by atomic mass is 10.2. The molecule has 1 aromatic carbocycles. The van der Waals surface area contributed by atoms with E-state index >= 15 is 0 Å². The minimum atomic E-state index is 0.837. The van der Waals surface area contributed by atoms with Crippen LogP contribution in [0, 0.1) is 0 Å². The first-order chi connectivity index (χ1) is 15.8. The number of benzene rings is 1. The molecule has 0 radical (unpaired) electrons. The monoisotopic (exact) mass is 427 g/mol. The summed E-state index contributed by atoms with van der Waals surface area (Å²) in [6.45, 7) is 2.84. The normalized spacial score (nSPS) is 11.1. The second-order valence-corrected chi connectivity index (χ2v) is 7.68. The molecule has 3 heterocycles. The van der Waals surface area contributed by atoms with Gasteiger partial charge < -0.3 is 14.2 Å². The molecule has 0 atom stereocenters. The number of para-hydroxylation sites is 2. The Hall–Kier alpha value is -3.51. The molecule has 3 aromatic heterocycles. The van der Waals surface area contributed by atoms with Gasteiger partial charge in [-0.05, 0) is 36.4 Å². The number of ether oxygens (including phenoxy) is 1. The molecular formula is C26H29N5O. The summed E-state index contributed by atoms with van der Waals surface area (Å²) in [5.41, 5.74) is 4.30. The summed E-state index contributed by atoms with van der Waals surface area (Å²) >= 11 is 0. The molecule has 0 spiro atoms. The molecule has 4 aromatic rings. The van der Waals surface area contributed by atoms with Gasteiger partial charge in [-0.3, -0.25) is 9.97 Å². The van der Waals surface area contributed by atoms with Crippen LogP contribution in [0.25, 0.3) is 5.69 Å². The zero-order valence-corrected chi connectivity index (χ0v) is 18.5. The van der Waals surface area contributed by atoms with Crippen LogP contribution in [0.3, 0.4) is 0 Å². The van der Waals surface area contributed by atoms with Gasteiger partial charge in [0, 0.05) is 68.9 Å². The van der Waals surface area contributed by atoms with E-state index < -0.39 is 0 Å². The van der Waals surface area contributed by atoms with Gasteiger partial charge >= 0.3 is 0 Å². The number of nitrogens with zero attached hydrogens (tertiary/aromatic N) is 5. The maximum atomic E-state index is 5.49. The second kappa shape index (κ2) is 11.2. The van der Waals surface area contributed by atoms with E-state index in [1.165, 1.54) is 0 Å². The van der Waals surface area contributed by atoms with Crippen LogP contribution in [-0.4, -0.2) is 51.2 Å². The molecule has 0 amide bonds. The molecule has 6 heteroatoms. The van der Waals surface area contributed by atoms with Crippen molar-refractivity contribution < 1.29 is 4.74 Å². The quantitative estimate of drug-likeness (QED) is 0.362. The Morgan fingerprint density at radius 2 is 1.31 bits per heavy atom. The second-order valence-electron chi connectivity index (χ2n) is 7.68. The number of rotatable bonds is 11. The minimum Gasteiger partial charge on any atom is -0.495 e. The zero-order valence-electron chi connectivity index (χ0n) is 18.5. The summed E-state index contributed by atoms with van der Waals surface area (Å²) in [6, 6.07) is 20.2. The van der Waals surface area contributed by atoms with Crippen molar-refractivity contribution in [3.05, 3.63) is 103 Å². The summed E-state index contributed by atoms with van der Waals surface area (Å²) in [6.07, 6.45) is 10.4. The zero-order chi connectivity index (χ0) is 22.0. The minimum absolute atomic E-state index is 0.837. The molecule has 6 nitrogen and oxygen atoms in total. The lowest BCUT2D eigenvalue weighted by molar-refractivity contribution is 0.281. The van der Waals surface area contributed by atoms with Crippen LogP contribution >= 0.6 is 0 Å². The van der Waals surface area contributed by atoms with Crippen molar-refractivity contribution >= 4 is 0 Å². The predicted molar refractivity (Wildman–Crippen MR) is 126 cm³/mol. The van der Waals surface area contributed by atoms with E-state index in [2.05, 4.69) is 38.2 Å². The third-order valence-corrected chi connectivity index (χ3v) is 5.50. The highest BCUT2D eigenvalue weighted by molar-refractivity contribution is 5.46. The molecule has 0 saturated heterocycles. The van der Waals surface area contributed by atoms with Crippen LogP contribution in [0.15, 0.2) is 85.6 Å². The smallest absolute Gasteiger partial charge is 0.142 e. The number of aromatic nitrogens is 4. The van der Waals surface area contributed by atoms with E-state index in [-0.39, 0.29) is 0 Å². The predicted octanol–water partition coefficient (Wildman–Crippen LogP) is 4.00. The van der Waals surface area contributed by atoms with Crippen LogP contribution in [0.5, 0.6) is 5.75 Å². The van der Waals surface area contributed by atoms with E-state index in [0.717, 1.165) is 67.4 Å². The van der Waals surface area contributed by atoms with Gasteiger partial charge in [0.05, 0.1) is 24.8 Å². The molecular weight excluding hydrogens is 398 g/mol. The van der Waals surface area contributed by atoms with E-state index in [9.17, 15) is 0 Å². The van der Waals surface area contributed by atoms with Crippen LogP contribution in [0.2, 0.25) is 0 Å². The fraction of sp³-hybridized carbons (Fsp3) is 0.269. The molecule has 0 unspecified atom stereocenters. The maximum absolute atomic E-state index is 5.49. The molecule has 0 N–H and O–H groups in total. The number of hydrogen-bond acceptors (Lipinski definition) is 5. The molecule has 0 bridgehead atoms. The topological polar surface area (TPSA) is 56.1 Å². The first kappa shape index (κ1) is 21.7. The van der Waals surface area contributed by atoms with Crippen LogP contribution in [0.1, 0.15) is 17.1 Å². The van der Waals surface area contributed by atoms with Crippen molar-refractivity contribution in [1.82, 2.24) is 24.4 Å². The third kappa shape index (κ3) is 6.02. The summed E-state index contributed by atoms with van der Waals surface area (Å²) in [7, 11) is 1.69. The first-order valence-corrected chi connectivity index (χ1v) is 11.0. The van der Waals surface area contributed by atoms with E-state index in [1.54, 1.807) is 7.11 Å². The summed E-state index contributed by atoms with van der Waals surface area (Å²) in [5.74, 6) is 0.837. The fourth-order valence-electron chi connectivity index (χ4n) is 3.71. The van der Waals surface area contributed by atoms with Gasteiger partial charge in [0.1, 0.15) is 5.75 Å². The van der Waals surface area contributed by atoms with E-state index in [1.807, 2.05) is 71.8 Å². The third-order valence-electron chi connectivity index (χ3n) is 5.50. The average Bonchev–Trinajstić information content (AvgIpc) is 3.33. The molecule has 0 fully saturated rings. The van der Waals surface area contributed by atoms with Crippen LogP contribution in [-0.2, 0) is 19.3 Å². The fourth-order valence-corrected chi connectivity index (χ4v) is 3.71. The average molecular weight is 428 g/mol. The molecule has 0 aliphatic heterocycles. The number of hydrogen-bond donors (Lipinski definition) is 0. The van der Waals surface area contributed by atoms with Gasteiger partial charge in [0.25, 0.3) is 0 Å². The Labute approximate surface area is 189 Å². The number of methoxy groups -OCH3 is 1. The van der Waals surface area contributed by atoms with Crippen molar-refractivity contribution in [3.63, 3.8) is 0 Å². The molecule has 0 aliphatic carbocycles. The molecule has 0 saturated carbocycles. The number of pyridine rings is 2. The SMILES string of the molecule is COc1ccccc1-n1cnc(CCN(CCc2ccccn2)CCc2ccccn2)c1. The standard InChI is InChI=1S/C26H29N5O/c1-32-26-11-3-2-10-25(26)31-20-24(29-21-31)14-19-30(17-12-22-8-4-6-15-27-22)18-13-23-9-5-7-16-28-23/h2-11,15-16,20-21H,12-14,17-19H2,1H3. The molecule has 32 heavy (non-hydrogen) atoms. The first-order valence-electron chi connectivity index (χ1n) is 11.0. The van der Waals surface area contributed by atoms with Gasteiger partial charge in [-0.25, -0.2) is 4.98 Å². The Morgan fingerprint density at radius 1 is 0.719 bits per heavy atom. The van der Waals surface area contributed by atoms with Crippen molar-refractivity contribution in [2.75, 3.05) is 26.7 Å². The van der Waals surface area contributed by atoms with E-state index in [0.29, 0.717) is 0 Å².